The Morgan fingerprint density at radius 3 is 2.92 bits per heavy atom. The van der Waals surface area contributed by atoms with Crippen molar-refractivity contribution in [1.29, 1.82) is 0 Å². The van der Waals surface area contributed by atoms with Crippen molar-refractivity contribution in [3.63, 3.8) is 0 Å². The molecular formula is C18H22N2O5. The van der Waals surface area contributed by atoms with Crippen LogP contribution < -0.4 is 9.64 Å². The molecule has 25 heavy (non-hydrogen) atoms. The first-order valence-corrected chi connectivity index (χ1v) is 8.66. The Labute approximate surface area is 146 Å². The van der Waals surface area contributed by atoms with Crippen LogP contribution in [0.4, 0.5) is 5.69 Å². The topological polar surface area (TPSA) is 79.3 Å². The zero-order chi connectivity index (χ0) is 17.4. The van der Waals surface area contributed by atoms with Gasteiger partial charge in [-0.2, -0.15) is 0 Å². The monoisotopic (exact) mass is 346 g/mol. The van der Waals surface area contributed by atoms with Gasteiger partial charge in [0.1, 0.15) is 12.4 Å². The number of nitrogens with zero attached hydrogens (tertiary/aromatic N) is 2. The van der Waals surface area contributed by atoms with Gasteiger partial charge in [-0.1, -0.05) is 12.1 Å². The summed E-state index contributed by atoms with van der Waals surface area (Å²) in [6.45, 7) is 3.13. The van der Waals surface area contributed by atoms with Gasteiger partial charge in [-0.3, -0.25) is 14.5 Å². The third-order valence-corrected chi connectivity index (χ3v) is 5.59. The van der Waals surface area contributed by atoms with E-state index in [0.29, 0.717) is 51.6 Å². The molecule has 0 unspecified atom stereocenters. The highest BCUT2D eigenvalue weighted by Crippen LogP contribution is 2.42. The van der Waals surface area contributed by atoms with Crippen LogP contribution in [-0.2, 0) is 14.3 Å². The van der Waals surface area contributed by atoms with E-state index in [4.69, 9.17) is 9.47 Å². The molecule has 1 aromatic rings. The fourth-order valence-electron chi connectivity index (χ4n) is 4.23. The van der Waals surface area contributed by atoms with E-state index in [1.165, 1.54) is 0 Å². The van der Waals surface area contributed by atoms with Crippen LogP contribution in [0.25, 0.3) is 0 Å². The van der Waals surface area contributed by atoms with Crippen LogP contribution in [0.2, 0.25) is 0 Å². The van der Waals surface area contributed by atoms with Crippen LogP contribution in [0.3, 0.4) is 0 Å². The summed E-state index contributed by atoms with van der Waals surface area (Å²) in [6.07, 6.45) is 0.512. The van der Waals surface area contributed by atoms with E-state index < -0.39 is 11.4 Å². The Morgan fingerprint density at radius 1 is 1.28 bits per heavy atom. The smallest absolute Gasteiger partial charge is 0.311 e. The number of carboxylic acids is 1. The highest BCUT2D eigenvalue weighted by Gasteiger charge is 2.54. The number of carbonyl (C=O) groups is 2. The van der Waals surface area contributed by atoms with E-state index in [1.54, 1.807) is 4.90 Å². The Kier molecular flexibility index (Phi) is 4.13. The Bertz CT molecular complexity index is 694. The van der Waals surface area contributed by atoms with Gasteiger partial charge in [0, 0.05) is 25.6 Å². The molecule has 3 aliphatic rings. The molecule has 134 valence electrons. The van der Waals surface area contributed by atoms with Crippen molar-refractivity contribution in [2.24, 2.45) is 11.3 Å². The second kappa shape index (κ2) is 6.31. The van der Waals surface area contributed by atoms with E-state index in [1.807, 2.05) is 29.2 Å². The number of anilines is 1. The Morgan fingerprint density at radius 2 is 2.12 bits per heavy atom. The van der Waals surface area contributed by atoms with E-state index in [-0.39, 0.29) is 18.4 Å². The number of hydrogen-bond donors (Lipinski definition) is 1. The number of likely N-dealkylation sites (tertiary alicyclic amines) is 1. The van der Waals surface area contributed by atoms with Crippen molar-refractivity contribution < 1.29 is 24.2 Å². The number of benzene rings is 1. The van der Waals surface area contributed by atoms with Gasteiger partial charge in [-0.05, 0) is 18.6 Å². The average molecular weight is 346 g/mol. The molecule has 3 aliphatic heterocycles. The first-order valence-electron chi connectivity index (χ1n) is 8.66. The minimum atomic E-state index is -0.776. The first kappa shape index (κ1) is 16.4. The van der Waals surface area contributed by atoms with Crippen molar-refractivity contribution in [1.82, 2.24) is 4.90 Å². The summed E-state index contributed by atoms with van der Waals surface area (Å²) in [7, 11) is 0. The molecule has 3 heterocycles. The minimum Gasteiger partial charge on any atom is -0.490 e. The molecule has 0 aromatic heterocycles. The second-order valence-corrected chi connectivity index (χ2v) is 7.01. The molecule has 7 nitrogen and oxygen atoms in total. The van der Waals surface area contributed by atoms with Crippen molar-refractivity contribution in [3.8, 4) is 5.75 Å². The third-order valence-electron chi connectivity index (χ3n) is 5.59. The van der Waals surface area contributed by atoms with Gasteiger partial charge in [-0.15, -0.1) is 0 Å². The predicted octanol–water partition coefficient (Wildman–Crippen LogP) is 0.835. The van der Waals surface area contributed by atoms with Gasteiger partial charge in [-0.25, -0.2) is 0 Å². The van der Waals surface area contributed by atoms with Crippen LogP contribution in [0.15, 0.2) is 24.3 Å². The highest BCUT2D eigenvalue weighted by atomic mass is 16.5. The van der Waals surface area contributed by atoms with Crippen LogP contribution in [0, 0.1) is 11.3 Å². The number of aliphatic carboxylic acids is 1. The lowest BCUT2D eigenvalue weighted by Gasteiger charge is -2.34. The lowest BCUT2D eigenvalue weighted by Crippen LogP contribution is -2.46. The number of para-hydroxylation sites is 2. The van der Waals surface area contributed by atoms with Crippen molar-refractivity contribution >= 4 is 17.6 Å². The van der Waals surface area contributed by atoms with Gasteiger partial charge < -0.3 is 19.5 Å². The Hall–Kier alpha value is -2.12. The zero-order valence-electron chi connectivity index (χ0n) is 14.0. The van der Waals surface area contributed by atoms with E-state index in [9.17, 15) is 14.7 Å². The summed E-state index contributed by atoms with van der Waals surface area (Å²) in [5.41, 5.74) is 0.00759. The van der Waals surface area contributed by atoms with Crippen LogP contribution in [0.1, 0.15) is 6.42 Å². The average Bonchev–Trinajstić information content (AvgIpc) is 3.00. The third kappa shape index (κ3) is 2.77. The summed E-state index contributed by atoms with van der Waals surface area (Å²) in [4.78, 5) is 28.4. The molecule has 0 aliphatic carbocycles. The number of carbonyl (C=O) groups excluding carboxylic acids is 1. The van der Waals surface area contributed by atoms with Crippen molar-refractivity contribution in [2.45, 2.75) is 6.42 Å². The summed E-state index contributed by atoms with van der Waals surface area (Å²) in [5.74, 6) is -0.126. The highest BCUT2D eigenvalue weighted by molar-refractivity contribution is 5.96. The van der Waals surface area contributed by atoms with Gasteiger partial charge in [0.15, 0.2) is 0 Å². The normalized spacial score (nSPS) is 28.8. The van der Waals surface area contributed by atoms with Crippen LogP contribution in [-0.4, -0.2) is 67.9 Å². The molecule has 0 spiro atoms. The zero-order valence-corrected chi connectivity index (χ0v) is 14.0. The van der Waals surface area contributed by atoms with Gasteiger partial charge >= 0.3 is 5.97 Å². The summed E-state index contributed by atoms with van der Waals surface area (Å²) in [6, 6.07) is 7.50. The molecule has 2 atom stereocenters. The molecule has 7 heteroatoms. The number of hydrogen-bond acceptors (Lipinski definition) is 5. The molecule has 0 saturated carbocycles. The molecule has 4 rings (SSSR count). The fourth-order valence-corrected chi connectivity index (χ4v) is 4.23. The molecule has 1 aromatic carbocycles. The molecule has 2 fully saturated rings. The Balaban J connectivity index is 1.48. The lowest BCUT2D eigenvalue weighted by molar-refractivity contribution is -0.157. The number of ether oxygens (including phenoxy) is 2. The molecule has 1 amide bonds. The SMILES string of the molecule is O=C(CN1C[C@@H]2COCC[C@]2(C(=O)O)C1)N1CCOc2ccccc21. The fraction of sp³-hybridized carbons (Fsp3) is 0.556. The van der Waals surface area contributed by atoms with Gasteiger partial charge in [0.25, 0.3) is 0 Å². The maximum atomic E-state index is 12.8. The predicted molar refractivity (Wildman–Crippen MR) is 89.7 cm³/mol. The standard InChI is InChI=1S/C18H22N2O5/c21-16(20-6-8-25-15-4-2-1-3-14(15)20)10-19-9-13-11-24-7-5-18(13,12-19)17(22)23/h1-4,13H,5-12H2,(H,22,23)/t13-,18+/m1/s1. The minimum absolute atomic E-state index is 0.0177. The van der Waals surface area contributed by atoms with Crippen LogP contribution >= 0.6 is 0 Å². The summed E-state index contributed by atoms with van der Waals surface area (Å²) < 4.78 is 11.1. The second-order valence-electron chi connectivity index (χ2n) is 7.01. The van der Waals surface area contributed by atoms with Crippen molar-refractivity contribution in [2.75, 3.05) is 50.9 Å². The number of fused-ring (bicyclic) bond motifs is 2. The quantitative estimate of drug-likeness (QED) is 0.874. The number of rotatable bonds is 3. The lowest BCUT2D eigenvalue weighted by atomic mass is 9.74. The maximum Gasteiger partial charge on any atom is 0.311 e. The number of carboxylic acid groups (broad SMARTS) is 1. The van der Waals surface area contributed by atoms with E-state index >= 15 is 0 Å². The molecule has 0 bridgehead atoms. The van der Waals surface area contributed by atoms with E-state index in [2.05, 4.69) is 0 Å². The first-order chi connectivity index (χ1) is 12.1. The summed E-state index contributed by atoms with van der Waals surface area (Å²) >= 11 is 0. The summed E-state index contributed by atoms with van der Waals surface area (Å²) in [5, 5.41) is 9.74. The molecule has 1 N–H and O–H groups in total. The number of amides is 1. The van der Waals surface area contributed by atoms with Gasteiger partial charge in [0.2, 0.25) is 5.91 Å². The molecular weight excluding hydrogens is 324 g/mol. The van der Waals surface area contributed by atoms with Crippen LogP contribution in [0.5, 0.6) is 5.75 Å². The van der Waals surface area contributed by atoms with Gasteiger partial charge in [0.05, 0.1) is 30.8 Å². The van der Waals surface area contributed by atoms with Crippen molar-refractivity contribution in [3.05, 3.63) is 24.3 Å². The maximum absolute atomic E-state index is 12.8. The van der Waals surface area contributed by atoms with E-state index in [0.717, 1.165) is 5.69 Å². The largest absolute Gasteiger partial charge is 0.490 e. The molecule has 2 saturated heterocycles. The molecule has 0 radical (unpaired) electrons.